The molecule has 1 heterocycles. The zero-order chi connectivity index (χ0) is 15.4. The van der Waals surface area contributed by atoms with Crippen LogP contribution in [-0.2, 0) is 4.79 Å². The first-order valence-electron chi connectivity index (χ1n) is 7.90. The molecule has 0 bridgehead atoms. The first-order valence-corrected chi connectivity index (χ1v) is 7.90. The SMILES string of the molecule is CC(NC(=O)C1CCNC1)c1ccc(-c2ccccc2)cc1.Cl. The Labute approximate surface area is 143 Å². The Kier molecular flexibility index (Phi) is 6.20. The van der Waals surface area contributed by atoms with Crippen molar-refractivity contribution in [1.29, 1.82) is 0 Å². The van der Waals surface area contributed by atoms with Crippen molar-refractivity contribution in [2.75, 3.05) is 13.1 Å². The van der Waals surface area contributed by atoms with Gasteiger partial charge < -0.3 is 10.6 Å². The Hall–Kier alpha value is -1.84. The minimum absolute atomic E-state index is 0. The molecule has 2 unspecified atom stereocenters. The monoisotopic (exact) mass is 330 g/mol. The van der Waals surface area contributed by atoms with E-state index in [1.165, 1.54) is 11.1 Å². The van der Waals surface area contributed by atoms with Crippen LogP contribution in [0.25, 0.3) is 11.1 Å². The quantitative estimate of drug-likeness (QED) is 0.900. The summed E-state index contributed by atoms with van der Waals surface area (Å²) in [5.41, 5.74) is 3.55. The molecule has 1 aliphatic rings. The van der Waals surface area contributed by atoms with Crippen LogP contribution in [0, 0.1) is 5.92 Å². The maximum absolute atomic E-state index is 12.2. The van der Waals surface area contributed by atoms with Gasteiger partial charge in [-0.3, -0.25) is 4.79 Å². The Morgan fingerprint density at radius 3 is 2.35 bits per heavy atom. The Morgan fingerprint density at radius 1 is 1.09 bits per heavy atom. The van der Waals surface area contributed by atoms with E-state index in [4.69, 9.17) is 0 Å². The van der Waals surface area contributed by atoms with Crippen molar-refractivity contribution in [3.05, 3.63) is 60.2 Å². The molecular weight excluding hydrogens is 308 g/mol. The van der Waals surface area contributed by atoms with E-state index in [9.17, 15) is 4.79 Å². The summed E-state index contributed by atoms with van der Waals surface area (Å²) < 4.78 is 0. The van der Waals surface area contributed by atoms with Crippen LogP contribution in [0.1, 0.15) is 24.9 Å². The van der Waals surface area contributed by atoms with Gasteiger partial charge in [0, 0.05) is 6.54 Å². The largest absolute Gasteiger partial charge is 0.349 e. The van der Waals surface area contributed by atoms with Gasteiger partial charge in [-0.1, -0.05) is 54.6 Å². The van der Waals surface area contributed by atoms with Crippen molar-refractivity contribution in [3.8, 4) is 11.1 Å². The number of hydrogen-bond donors (Lipinski definition) is 2. The van der Waals surface area contributed by atoms with E-state index in [1.54, 1.807) is 0 Å². The van der Waals surface area contributed by atoms with Gasteiger partial charge >= 0.3 is 0 Å². The van der Waals surface area contributed by atoms with E-state index in [-0.39, 0.29) is 30.3 Å². The van der Waals surface area contributed by atoms with Gasteiger partial charge in [-0.15, -0.1) is 12.4 Å². The van der Waals surface area contributed by atoms with Gasteiger partial charge in [0.05, 0.1) is 12.0 Å². The molecule has 0 saturated carbocycles. The molecule has 0 spiro atoms. The summed E-state index contributed by atoms with van der Waals surface area (Å²) in [5.74, 6) is 0.274. The van der Waals surface area contributed by atoms with Gasteiger partial charge in [0.15, 0.2) is 0 Å². The van der Waals surface area contributed by atoms with Crippen molar-refractivity contribution in [2.45, 2.75) is 19.4 Å². The van der Waals surface area contributed by atoms with Crippen LogP contribution in [0.15, 0.2) is 54.6 Å². The van der Waals surface area contributed by atoms with E-state index in [0.29, 0.717) is 0 Å². The van der Waals surface area contributed by atoms with Crippen LogP contribution in [0.4, 0.5) is 0 Å². The molecule has 1 aliphatic heterocycles. The molecule has 2 N–H and O–H groups in total. The smallest absolute Gasteiger partial charge is 0.224 e. The summed E-state index contributed by atoms with van der Waals surface area (Å²) in [6, 6.07) is 18.8. The molecule has 1 fully saturated rings. The highest BCUT2D eigenvalue weighted by Crippen LogP contribution is 2.22. The molecule has 122 valence electrons. The first kappa shape index (κ1) is 17.5. The fourth-order valence-corrected chi connectivity index (χ4v) is 2.89. The maximum atomic E-state index is 12.2. The lowest BCUT2D eigenvalue weighted by atomic mass is 10.0. The Morgan fingerprint density at radius 2 is 1.74 bits per heavy atom. The van der Waals surface area contributed by atoms with E-state index in [1.807, 2.05) is 25.1 Å². The standard InChI is InChI=1S/C19H22N2O.ClH/c1-14(21-19(22)18-11-12-20-13-18)15-7-9-17(10-8-15)16-5-3-2-4-6-16;/h2-10,14,18,20H,11-13H2,1H3,(H,21,22);1H. The van der Waals surface area contributed by atoms with Gasteiger partial charge in [-0.25, -0.2) is 0 Å². The summed E-state index contributed by atoms with van der Waals surface area (Å²) in [6.07, 6.45) is 0.936. The van der Waals surface area contributed by atoms with Gasteiger partial charge in [-0.05, 0) is 36.6 Å². The minimum Gasteiger partial charge on any atom is -0.349 e. The lowest BCUT2D eigenvalue weighted by molar-refractivity contribution is -0.125. The van der Waals surface area contributed by atoms with E-state index in [0.717, 1.165) is 25.1 Å². The molecule has 0 aromatic heterocycles. The third-order valence-electron chi connectivity index (χ3n) is 4.31. The Bertz CT molecular complexity index is 622. The van der Waals surface area contributed by atoms with E-state index < -0.39 is 0 Å². The predicted molar refractivity (Wildman–Crippen MR) is 96.7 cm³/mol. The molecule has 4 heteroatoms. The topological polar surface area (TPSA) is 41.1 Å². The summed E-state index contributed by atoms with van der Waals surface area (Å²) >= 11 is 0. The highest BCUT2D eigenvalue weighted by molar-refractivity contribution is 5.85. The molecule has 3 rings (SSSR count). The number of amides is 1. The van der Waals surface area contributed by atoms with Crippen LogP contribution in [0.2, 0.25) is 0 Å². The normalized spacial score (nSPS) is 18.0. The maximum Gasteiger partial charge on any atom is 0.224 e. The number of nitrogens with one attached hydrogen (secondary N) is 2. The number of carbonyl (C=O) groups excluding carboxylic acids is 1. The summed E-state index contributed by atoms with van der Waals surface area (Å²) in [5, 5.41) is 6.35. The summed E-state index contributed by atoms with van der Waals surface area (Å²) in [6.45, 7) is 3.78. The van der Waals surface area contributed by atoms with Crippen LogP contribution in [-0.4, -0.2) is 19.0 Å². The molecule has 2 atom stereocenters. The van der Waals surface area contributed by atoms with Crippen molar-refractivity contribution in [2.24, 2.45) is 5.92 Å². The molecule has 1 saturated heterocycles. The highest BCUT2D eigenvalue weighted by atomic mass is 35.5. The number of hydrogen-bond acceptors (Lipinski definition) is 2. The van der Waals surface area contributed by atoms with Crippen LogP contribution < -0.4 is 10.6 Å². The van der Waals surface area contributed by atoms with Crippen LogP contribution in [0.5, 0.6) is 0 Å². The third kappa shape index (κ3) is 4.34. The number of benzene rings is 2. The molecule has 1 amide bonds. The highest BCUT2D eigenvalue weighted by Gasteiger charge is 2.23. The van der Waals surface area contributed by atoms with E-state index >= 15 is 0 Å². The second-order valence-corrected chi connectivity index (χ2v) is 5.91. The lowest BCUT2D eigenvalue weighted by Gasteiger charge is -2.17. The number of halogens is 1. The predicted octanol–water partition coefficient (Wildman–Crippen LogP) is 3.56. The van der Waals surface area contributed by atoms with Crippen LogP contribution >= 0.6 is 12.4 Å². The fourth-order valence-electron chi connectivity index (χ4n) is 2.89. The second-order valence-electron chi connectivity index (χ2n) is 5.91. The molecule has 0 radical (unpaired) electrons. The van der Waals surface area contributed by atoms with E-state index in [2.05, 4.69) is 47.0 Å². The van der Waals surface area contributed by atoms with Crippen molar-refractivity contribution >= 4 is 18.3 Å². The molecule has 2 aromatic carbocycles. The molecule has 3 nitrogen and oxygen atoms in total. The Balaban J connectivity index is 0.00000192. The number of carbonyl (C=O) groups is 1. The molecule has 23 heavy (non-hydrogen) atoms. The number of rotatable bonds is 4. The average molecular weight is 331 g/mol. The summed E-state index contributed by atoms with van der Waals surface area (Å²) in [7, 11) is 0. The van der Waals surface area contributed by atoms with Gasteiger partial charge in [0.25, 0.3) is 0 Å². The van der Waals surface area contributed by atoms with Gasteiger partial charge in [0.2, 0.25) is 5.91 Å². The van der Waals surface area contributed by atoms with Crippen LogP contribution in [0.3, 0.4) is 0 Å². The third-order valence-corrected chi connectivity index (χ3v) is 4.31. The lowest BCUT2D eigenvalue weighted by Crippen LogP contribution is -2.33. The fraction of sp³-hybridized carbons (Fsp3) is 0.316. The molecule has 2 aromatic rings. The van der Waals surface area contributed by atoms with Crippen molar-refractivity contribution in [1.82, 2.24) is 10.6 Å². The van der Waals surface area contributed by atoms with Gasteiger partial charge in [-0.2, -0.15) is 0 Å². The van der Waals surface area contributed by atoms with Crippen molar-refractivity contribution < 1.29 is 4.79 Å². The van der Waals surface area contributed by atoms with Gasteiger partial charge in [0.1, 0.15) is 0 Å². The molecule has 0 aliphatic carbocycles. The summed E-state index contributed by atoms with van der Waals surface area (Å²) in [4.78, 5) is 12.2. The van der Waals surface area contributed by atoms with Crippen molar-refractivity contribution in [3.63, 3.8) is 0 Å². The zero-order valence-electron chi connectivity index (χ0n) is 13.3. The molecular formula is C19H23ClN2O. The average Bonchev–Trinajstić information content (AvgIpc) is 3.10. The first-order chi connectivity index (χ1) is 10.7. The second kappa shape index (κ2) is 8.14. The minimum atomic E-state index is 0. The zero-order valence-corrected chi connectivity index (χ0v) is 14.1.